The number of carbonyl (C=O) groups is 1. The molecule has 4 N–H and O–H groups in total. The molecule has 0 unspecified atom stereocenters. The molecule has 2 aromatic heterocycles. The van der Waals surface area contributed by atoms with Crippen molar-refractivity contribution in [2.75, 3.05) is 39.5 Å². The highest BCUT2D eigenvalue weighted by molar-refractivity contribution is 5.92. The average Bonchev–Trinajstić information content (AvgIpc) is 3.77. The summed E-state index contributed by atoms with van der Waals surface area (Å²) in [4.78, 5) is 26.2. The molecule has 0 radical (unpaired) electrons. The van der Waals surface area contributed by atoms with Crippen molar-refractivity contribution in [3.05, 3.63) is 66.3 Å². The van der Waals surface area contributed by atoms with Crippen LogP contribution < -0.4 is 29.6 Å². The van der Waals surface area contributed by atoms with Gasteiger partial charge in [-0.05, 0) is 47.9 Å². The van der Waals surface area contributed by atoms with Crippen LogP contribution >= 0.6 is 0 Å². The molecule has 14 heteroatoms. The lowest BCUT2D eigenvalue weighted by atomic mass is 10.1. The molecule has 2 aliphatic rings. The molecule has 14 nitrogen and oxygen atoms in total. The SMILES string of the molecule is COc1cc(/C=C/C(=O)N[C@@H]2[C@H](O)[C@@H](CO)O[C@H]2n2cnc3c(NCCc4ccc5c(c4)OCO5)ncnc32)cc(OC)c1. The number of ether oxygens (including phenoxy) is 5. The number of carbonyl (C=O) groups excluding carboxylic acids is 1. The first kappa shape index (κ1) is 29.2. The Hall–Kier alpha value is -4.92. The van der Waals surface area contributed by atoms with Gasteiger partial charge < -0.3 is 44.5 Å². The zero-order valence-corrected chi connectivity index (χ0v) is 24.0. The zero-order valence-electron chi connectivity index (χ0n) is 24.0. The number of amides is 1. The van der Waals surface area contributed by atoms with Crippen molar-refractivity contribution in [2.45, 2.75) is 30.9 Å². The molecule has 6 rings (SSSR count). The molecule has 230 valence electrons. The second-order valence-electron chi connectivity index (χ2n) is 10.2. The number of hydrogen-bond acceptors (Lipinski definition) is 12. The van der Waals surface area contributed by atoms with Crippen molar-refractivity contribution in [3.63, 3.8) is 0 Å². The maximum atomic E-state index is 13.0. The Bertz CT molecular complexity index is 1650. The number of fused-ring (bicyclic) bond motifs is 2. The number of methoxy groups -OCH3 is 2. The Kier molecular flexibility index (Phi) is 8.45. The van der Waals surface area contributed by atoms with Gasteiger partial charge in [-0.15, -0.1) is 0 Å². The third-order valence-electron chi connectivity index (χ3n) is 7.44. The molecule has 1 fully saturated rings. The van der Waals surface area contributed by atoms with Crippen molar-refractivity contribution >= 4 is 29.0 Å². The number of aliphatic hydroxyl groups excluding tert-OH is 2. The zero-order chi connectivity index (χ0) is 30.6. The van der Waals surface area contributed by atoms with Crippen LogP contribution in [-0.2, 0) is 16.0 Å². The standard InChI is InChI=1S/C30H32N6O8/c1-40-19-9-18(10-20(12-19)41-2)4-6-24(38)35-25-27(39)23(13-37)44-30(25)36-15-34-26-28(32-14-33-29(26)36)31-8-7-17-3-5-21-22(11-17)43-16-42-21/h3-6,9-12,14-15,23,25,27,30,37,39H,7-8,13,16H2,1-2H3,(H,35,38)(H,31,32,33)/b6-4+/t23-,25-,27-,30-/m1/s1. The van der Waals surface area contributed by atoms with Gasteiger partial charge in [-0.3, -0.25) is 9.36 Å². The molecule has 4 atom stereocenters. The first-order valence-electron chi connectivity index (χ1n) is 13.9. The summed E-state index contributed by atoms with van der Waals surface area (Å²) in [6.07, 6.45) is 3.51. The minimum atomic E-state index is -1.20. The third-order valence-corrected chi connectivity index (χ3v) is 7.44. The molecule has 44 heavy (non-hydrogen) atoms. The average molecular weight is 605 g/mol. The van der Waals surface area contributed by atoms with E-state index in [9.17, 15) is 15.0 Å². The van der Waals surface area contributed by atoms with Crippen molar-refractivity contribution < 1.29 is 38.7 Å². The Labute approximate surface area is 252 Å². The van der Waals surface area contributed by atoms with E-state index in [1.54, 1.807) is 43.1 Å². The summed E-state index contributed by atoms with van der Waals surface area (Å²) in [6, 6.07) is 10.1. The summed E-state index contributed by atoms with van der Waals surface area (Å²) in [5, 5.41) is 26.9. The first-order chi connectivity index (χ1) is 21.5. The Balaban J connectivity index is 1.17. The third kappa shape index (κ3) is 5.95. The van der Waals surface area contributed by atoms with E-state index in [-0.39, 0.29) is 6.79 Å². The van der Waals surface area contributed by atoms with Gasteiger partial charge in [0.1, 0.15) is 36.1 Å². The van der Waals surface area contributed by atoms with Crippen LogP contribution in [0.2, 0.25) is 0 Å². The van der Waals surface area contributed by atoms with Crippen molar-refractivity contribution in [1.29, 1.82) is 0 Å². The Morgan fingerprint density at radius 2 is 1.89 bits per heavy atom. The van der Waals surface area contributed by atoms with Gasteiger partial charge >= 0.3 is 0 Å². The van der Waals surface area contributed by atoms with Gasteiger partial charge in [0.05, 0.1) is 27.2 Å². The van der Waals surface area contributed by atoms with Crippen LogP contribution in [0.1, 0.15) is 17.4 Å². The molecule has 0 bridgehead atoms. The molecule has 4 aromatic rings. The molecule has 0 aliphatic carbocycles. The molecular formula is C30H32N6O8. The van der Waals surface area contributed by atoms with Crippen LogP contribution in [0.5, 0.6) is 23.0 Å². The molecule has 2 aromatic carbocycles. The minimum absolute atomic E-state index is 0.222. The van der Waals surface area contributed by atoms with E-state index >= 15 is 0 Å². The summed E-state index contributed by atoms with van der Waals surface area (Å²) in [5.41, 5.74) is 2.67. The molecule has 1 amide bonds. The molecule has 0 saturated carbocycles. The molecule has 2 aliphatic heterocycles. The predicted molar refractivity (Wildman–Crippen MR) is 158 cm³/mol. The van der Waals surface area contributed by atoms with E-state index in [0.29, 0.717) is 47.0 Å². The van der Waals surface area contributed by atoms with Crippen LogP contribution in [0.25, 0.3) is 17.2 Å². The largest absolute Gasteiger partial charge is 0.497 e. The lowest BCUT2D eigenvalue weighted by Gasteiger charge is -2.22. The number of aromatic nitrogens is 4. The van der Waals surface area contributed by atoms with Gasteiger partial charge in [0.25, 0.3) is 0 Å². The fourth-order valence-corrected chi connectivity index (χ4v) is 5.19. The van der Waals surface area contributed by atoms with Crippen LogP contribution in [-0.4, -0.2) is 88.1 Å². The van der Waals surface area contributed by atoms with Gasteiger partial charge in [-0.2, -0.15) is 0 Å². The number of hydrogen-bond donors (Lipinski definition) is 4. The molecule has 4 heterocycles. The fourth-order valence-electron chi connectivity index (χ4n) is 5.19. The van der Waals surface area contributed by atoms with E-state index in [1.807, 2.05) is 18.2 Å². The van der Waals surface area contributed by atoms with Gasteiger partial charge in [0.2, 0.25) is 12.7 Å². The monoisotopic (exact) mass is 604 g/mol. The summed E-state index contributed by atoms with van der Waals surface area (Å²) in [6.45, 7) is 0.339. The van der Waals surface area contributed by atoms with Crippen LogP contribution in [0.15, 0.2) is 55.1 Å². The number of benzene rings is 2. The second kappa shape index (κ2) is 12.8. The fraction of sp³-hybridized carbons (Fsp3) is 0.333. The summed E-state index contributed by atoms with van der Waals surface area (Å²) < 4.78 is 29.0. The van der Waals surface area contributed by atoms with E-state index in [0.717, 1.165) is 17.1 Å². The number of nitrogens with zero attached hydrogens (tertiary/aromatic N) is 4. The summed E-state index contributed by atoms with van der Waals surface area (Å²) in [7, 11) is 3.08. The highest BCUT2D eigenvalue weighted by Crippen LogP contribution is 2.34. The predicted octanol–water partition coefficient (Wildman–Crippen LogP) is 1.68. The number of imidazole rings is 1. The molecule has 1 saturated heterocycles. The van der Waals surface area contributed by atoms with Gasteiger partial charge in [0.15, 0.2) is 34.7 Å². The quantitative estimate of drug-likeness (QED) is 0.183. The van der Waals surface area contributed by atoms with Gasteiger partial charge in [-0.1, -0.05) is 6.07 Å². The van der Waals surface area contributed by atoms with Gasteiger partial charge in [-0.25, -0.2) is 15.0 Å². The number of nitrogens with one attached hydrogen (secondary N) is 2. The number of anilines is 1. The second-order valence-corrected chi connectivity index (χ2v) is 10.2. The Morgan fingerprint density at radius 1 is 1.09 bits per heavy atom. The van der Waals surface area contributed by atoms with Crippen LogP contribution in [0.3, 0.4) is 0 Å². The maximum absolute atomic E-state index is 13.0. The smallest absolute Gasteiger partial charge is 0.244 e. The number of rotatable bonds is 11. The highest BCUT2D eigenvalue weighted by Gasteiger charge is 2.45. The van der Waals surface area contributed by atoms with Gasteiger partial charge in [0, 0.05) is 18.7 Å². The van der Waals surface area contributed by atoms with E-state index in [2.05, 4.69) is 25.6 Å². The maximum Gasteiger partial charge on any atom is 0.244 e. The summed E-state index contributed by atoms with van der Waals surface area (Å²) >= 11 is 0. The van der Waals surface area contributed by atoms with E-state index in [1.165, 1.54) is 18.7 Å². The van der Waals surface area contributed by atoms with Crippen LogP contribution in [0, 0.1) is 0 Å². The molecule has 0 spiro atoms. The Morgan fingerprint density at radius 3 is 2.66 bits per heavy atom. The molecular weight excluding hydrogens is 572 g/mol. The lowest BCUT2D eigenvalue weighted by molar-refractivity contribution is -0.118. The van der Waals surface area contributed by atoms with Crippen molar-refractivity contribution in [1.82, 2.24) is 24.8 Å². The van der Waals surface area contributed by atoms with E-state index in [4.69, 9.17) is 23.7 Å². The van der Waals surface area contributed by atoms with Crippen molar-refractivity contribution in [2.24, 2.45) is 0 Å². The number of aliphatic hydroxyl groups is 2. The van der Waals surface area contributed by atoms with Crippen LogP contribution in [0.4, 0.5) is 5.82 Å². The highest BCUT2D eigenvalue weighted by atomic mass is 16.7. The summed E-state index contributed by atoms with van der Waals surface area (Å²) in [5.74, 6) is 2.65. The first-order valence-corrected chi connectivity index (χ1v) is 13.9. The van der Waals surface area contributed by atoms with Crippen molar-refractivity contribution in [3.8, 4) is 23.0 Å². The van der Waals surface area contributed by atoms with E-state index < -0.39 is 37.0 Å². The lowest BCUT2D eigenvalue weighted by Crippen LogP contribution is -2.46. The topological polar surface area (TPSA) is 171 Å². The normalized spacial score (nSPS) is 20.7. The minimum Gasteiger partial charge on any atom is -0.497 e.